The molecule has 0 spiro atoms. The van der Waals surface area contributed by atoms with Crippen LogP contribution in [0.1, 0.15) is 0 Å². The summed E-state index contributed by atoms with van der Waals surface area (Å²) < 4.78 is 357. The summed E-state index contributed by atoms with van der Waals surface area (Å²) in [6, 6.07) is 0. The van der Waals surface area contributed by atoms with Gasteiger partial charge in [0.2, 0.25) is 0 Å². The molecule has 0 aromatic rings. The van der Waals surface area contributed by atoms with Crippen molar-refractivity contribution in [1.29, 1.82) is 0 Å². The van der Waals surface area contributed by atoms with Gasteiger partial charge in [-0.1, -0.05) is 0 Å². The highest BCUT2D eigenvalue weighted by atomic mass is 32.2. The van der Waals surface area contributed by atoms with Crippen LogP contribution in [0.15, 0.2) is 0 Å². The molecule has 0 saturated carbocycles. The summed E-state index contributed by atoms with van der Waals surface area (Å²) in [5.74, 6) is -30.7. The van der Waals surface area contributed by atoms with Gasteiger partial charge in [-0.15, -0.1) is 0 Å². The predicted octanol–water partition coefficient (Wildman–Crippen LogP) is 5.52. The quantitative estimate of drug-likeness (QED) is 0.126. The summed E-state index contributed by atoms with van der Waals surface area (Å²) in [4.78, 5) is 0. The van der Waals surface area contributed by atoms with Crippen LogP contribution in [0, 0.1) is 0 Å². The number of halogens is 22. The second-order valence-electron chi connectivity index (χ2n) is 8.14. The number of rotatable bonds is 19. The average molecular weight is 818 g/mol. The summed E-state index contributed by atoms with van der Waals surface area (Å²) >= 11 is 0. The van der Waals surface area contributed by atoms with Crippen LogP contribution < -0.4 is 0 Å². The average Bonchev–Trinajstić information content (AvgIpc) is 2.84. The van der Waals surface area contributed by atoms with Crippen LogP contribution in [0.4, 0.5) is 96.6 Å². The van der Waals surface area contributed by atoms with E-state index in [9.17, 15) is 113 Å². The SMILES string of the molecule is O=S(=O)(O)C(F)(F)C(F)(F)OC(F)C(F)(F)OCC(F)(F)C(F)(F)C(F)(F)C(F)(F)COC(F)(F)C(F)OC(F)(F)C(F)(F)S(=O)(=O)O. The fourth-order valence-electron chi connectivity index (χ4n) is 1.98. The van der Waals surface area contributed by atoms with Gasteiger partial charge in [0.15, 0.2) is 0 Å². The third-order valence-electron chi connectivity index (χ3n) is 4.56. The zero-order valence-corrected chi connectivity index (χ0v) is 22.5. The van der Waals surface area contributed by atoms with E-state index >= 15 is 0 Å². The Morgan fingerprint density at radius 2 is 0.667 bits per heavy atom. The zero-order valence-electron chi connectivity index (χ0n) is 20.9. The molecule has 2 N–H and O–H groups in total. The van der Waals surface area contributed by atoms with E-state index in [0.717, 1.165) is 0 Å². The molecule has 0 aromatic heterocycles. The maximum absolute atomic E-state index is 13.7. The molecule has 0 aliphatic heterocycles. The summed E-state index contributed by atoms with van der Waals surface area (Å²) in [6.45, 7) is -8.59. The standard InChI is InChI=1S/C14H8F22O10S2/c15-3(45-11(29,30)13(33,34)47(37,38)39)7(21,22)43-1-5(17,18)9(25,26)10(27,28)6(19,20)2-44-8(23,24)4(16)46-12(31,32)14(35,36)48(40,41)42/h3-4H,1-2H2,(H,37,38,39)(H,40,41,42). The molecule has 2 unspecified atom stereocenters. The van der Waals surface area contributed by atoms with Gasteiger partial charge < -0.3 is 9.47 Å². The Hall–Kier alpha value is -1.88. The maximum atomic E-state index is 13.7. The van der Waals surface area contributed by atoms with Crippen LogP contribution in [-0.4, -0.2) is 111 Å². The minimum atomic E-state index is -8.01. The van der Waals surface area contributed by atoms with Gasteiger partial charge in [-0.05, 0) is 0 Å². The van der Waals surface area contributed by atoms with Crippen LogP contribution >= 0.6 is 0 Å². The van der Waals surface area contributed by atoms with Gasteiger partial charge in [0, 0.05) is 0 Å². The Kier molecular flexibility index (Phi) is 12.5. The van der Waals surface area contributed by atoms with Crippen molar-refractivity contribution in [3.8, 4) is 0 Å². The lowest BCUT2D eigenvalue weighted by molar-refractivity contribution is -0.436. The van der Waals surface area contributed by atoms with E-state index < -0.39 is 105 Å². The predicted molar refractivity (Wildman–Crippen MR) is 96.4 cm³/mol. The van der Waals surface area contributed by atoms with Crippen molar-refractivity contribution in [1.82, 2.24) is 0 Å². The van der Waals surface area contributed by atoms with Crippen molar-refractivity contribution in [3.05, 3.63) is 0 Å². The molecule has 0 aliphatic rings. The first-order valence-electron chi connectivity index (χ1n) is 10.1. The lowest BCUT2D eigenvalue weighted by Gasteiger charge is -2.37. The fourth-order valence-corrected chi connectivity index (χ4v) is 2.68. The molecule has 10 nitrogen and oxygen atoms in total. The highest BCUT2D eigenvalue weighted by Gasteiger charge is 2.81. The molecular weight excluding hydrogens is 810 g/mol. The number of hydrogen-bond donors (Lipinski definition) is 2. The molecule has 2 atom stereocenters. The van der Waals surface area contributed by atoms with Gasteiger partial charge in [0.25, 0.3) is 12.7 Å². The third kappa shape index (κ3) is 8.70. The maximum Gasteiger partial charge on any atom is 0.460 e. The van der Waals surface area contributed by atoms with Crippen molar-refractivity contribution in [3.63, 3.8) is 0 Å². The van der Waals surface area contributed by atoms with Gasteiger partial charge in [0.1, 0.15) is 13.2 Å². The Labute approximate surface area is 247 Å². The van der Waals surface area contributed by atoms with Crippen molar-refractivity contribution in [2.75, 3.05) is 13.2 Å². The van der Waals surface area contributed by atoms with E-state index in [4.69, 9.17) is 9.11 Å². The molecule has 0 aromatic carbocycles. The molecule has 0 fully saturated rings. The van der Waals surface area contributed by atoms with Gasteiger partial charge in [0.05, 0.1) is 0 Å². The van der Waals surface area contributed by atoms with Crippen molar-refractivity contribution < 1.29 is 141 Å². The molecule has 290 valence electrons. The third-order valence-corrected chi connectivity index (χ3v) is 6.33. The Balaban J connectivity index is 6.01. The van der Waals surface area contributed by atoms with Gasteiger partial charge in [-0.2, -0.15) is 105 Å². The fraction of sp³-hybridized carbons (Fsp3) is 1.00. The molecule has 34 heteroatoms. The molecule has 0 heterocycles. The minimum absolute atomic E-state index is 1.89. The van der Waals surface area contributed by atoms with E-state index in [1.807, 2.05) is 9.47 Å². The normalized spacial score (nSPS) is 17.4. The molecular formula is C14H8F22O10S2. The second kappa shape index (κ2) is 13.0. The molecule has 0 amide bonds. The summed E-state index contributed by atoms with van der Waals surface area (Å²) in [7, 11) is -14.8. The molecule has 0 saturated heterocycles. The largest absolute Gasteiger partial charge is 0.460 e. The molecule has 0 bridgehead atoms. The van der Waals surface area contributed by atoms with E-state index in [2.05, 4.69) is 9.47 Å². The van der Waals surface area contributed by atoms with E-state index in [1.54, 1.807) is 0 Å². The highest BCUT2D eigenvalue weighted by Crippen LogP contribution is 2.54. The zero-order chi connectivity index (χ0) is 39.4. The number of hydrogen-bond acceptors (Lipinski definition) is 8. The number of alkyl halides is 22. The van der Waals surface area contributed by atoms with Gasteiger partial charge in [-0.3, -0.25) is 18.6 Å². The van der Waals surface area contributed by atoms with Crippen LogP contribution in [0.3, 0.4) is 0 Å². The second-order valence-corrected chi connectivity index (χ2v) is 11.1. The Morgan fingerprint density at radius 1 is 0.458 bits per heavy atom. The Bertz CT molecular complexity index is 1250. The first-order valence-corrected chi connectivity index (χ1v) is 12.9. The number of ether oxygens (including phenoxy) is 4. The summed E-state index contributed by atoms with van der Waals surface area (Å²) in [6.07, 6.45) is -39.2. The van der Waals surface area contributed by atoms with E-state index in [-0.39, 0.29) is 0 Å². The van der Waals surface area contributed by atoms with Gasteiger partial charge in [-0.25, -0.2) is 8.78 Å². The lowest BCUT2D eigenvalue weighted by atomic mass is 9.99. The molecule has 0 radical (unpaired) electrons. The highest BCUT2D eigenvalue weighted by molar-refractivity contribution is 7.87. The van der Waals surface area contributed by atoms with Crippen LogP contribution in [0.2, 0.25) is 0 Å². The topological polar surface area (TPSA) is 146 Å². The van der Waals surface area contributed by atoms with Crippen LogP contribution in [0.5, 0.6) is 0 Å². The molecule has 0 rings (SSSR count). The monoisotopic (exact) mass is 818 g/mol. The van der Waals surface area contributed by atoms with E-state index in [1.165, 1.54) is 0 Å². The lowest BCUT2D eigenvalue weighted by Crippen LogP contribution is -2.65. The molecule has 0 aliphatic carbocycles. The van der Waals surface area contributed by atoms with Crippen molar-refractivity contribution >= 4 is 20.2 Å². The first kappa shape index (κ1) is 46.1. The minimum Gasteiger partial charge on any atom is -0.310 e. The first-order chi connectivity index (χ1) is 20.4. The van der Waals surface area contributed by atoms with Crippen LogP contribution in [0.25, 0.3) is 0 Å². The molecule has 48 heavy (non-hydrogen) atoms. The Morgan fingerprint density at radius 3 is 0.854 bits per heavy atom. The van der Waals surface area contributed by atoms with Crippen molar-refractivity contribution in [2.45, 2.75) is 71.3 Å². The van der Waals surface area contributed by atoms with E-state index in [0.29, 0.717) is 0 Å². The smallest absolute Gasteiger partial charge is 0.310 e. The summed E-state index contributed by atoms with van der Waals surface area (Å²) in [5.41, 5.74) is 0. The van der Waals surface area contributed by atoms with Crippen LogP contribution in [-0.2, 0) is 39.2 Å². The van der Waals surface area contributed by atoms with Gasteiger partial charge >= 0.3 is 78.9 Å². The summed E-state index contributed by atoms with van der Waals surface area (Å²) in [5, 5.41) is -14.1. The van der Waals surface area contributed by atoms with Crippen molar-refractivity contribution in [2.24, 2.45) is 0 Å².